The van der Waals surface area contributed by atoms with E-state index >= 15 is 0 Å². The number of amidine groups is 1. The SMILES string of the molecule is CNCCc1ccc(OC)cc1.O=CC(NC(=O)C1=CN=C2NC=C(C3CC3)NC12)C1CC1. The van der Waals surface area contributed by atoms with Crippen LogP contribution in [0.3, 0.4) is 0 Å². The van der Waals surface area contributed by atoms with Gasteiger partial charge in [-0.05, 0) is 69.3 Å². The Morgan fingerprint density at radius 2 is 2.00 bits per heavy atom. The van der Waals surface area contributed by atoms with Gasteiger partial charge in [-0.1, -0.05) is 12.1 Å². The van der Waals surface area contributed by atoms with Crippen LogP contribution in [0.2, 0.25) is 0 Å². The van der Waals surface area contributed by atoms with E-state index < -0.39 is 0 Å². The van der Waals surface area contributed by atoms with Crippen molar-refractivity contribution in [2.45, 2.75) is 44.2 Å². The maximum Gasteiger partial charge on any atom is 0.251 e. The van der Waals surface area contributed by atoms with Crippen molar-refractivity contribution in [3.05, 3.63) is 53.5 Å². The number of nitrogens with zero attached hydrogens (tertiary/aromatic N) is 1. The number of fused-ring (bicyclic) bond motifs is 1. The number of methoxy groups -OCH3 is 1. The molecule has 8 heteroatoms. The summed E-state index contributed by atoms with van der Waals surface area (Å²) < 4.78 is 5.06. The molecule has 5 rings (SSSR count). The molecule has 0 saturated heterocycles. The van der Waals surface area contributed by atoms with Crippen LogP contribution in [0.5, 0.6) is 5.75 Å². The van der Waals surface area contributed by atoms with E-state index in [1.165, 1.54) is 18.4 Å². The first kappa shape index (κ1) is 23.0. The number of hydrogen-bond acceptors (Lipinski definition) is 7. The standard InChI is InChI=1S/C15H18N4O2.C10H15NO/c20-7-12(9-3-4-9)19-15(21)10-5-16-14-13(10)18-11(6-17-14)8-1-2-8;1-11-8-7-9-3-5-10(12-2)6-4-9/h5-9,12-13,18H,1-4H2,(H,16,17)(H,19,21);3-6,11H,7-8H2,1-2H3. The molecule has 1 aromatic rings. The van der Waals surface area contributed by atoms with Crippen molar-refractivity contribution in [2.24, 2.45) is 16.8 Å². The molecule has 0 radical (unpaired) electrons. The average molecular weight is 452 g/mol. The molecular formula is C25H33N5O3. The number of aliphatic imine (C=N–C) groups is 1. The Morgan fingerprint density at radius 3 is 2.61 bits per heavy atom. The van der Waals surface area contributed by atoms with Crippen LogP contribution in [-0.4, -0.2) is 50.8 Å². The molecule has 2 heterocycles. The van der Waals surface area contributed by atoms with Gasteiger partial charge in [-0.15, -0.1) is 0 Å². The largest absolute Gasteiger partial charge is 0.497 e. The number of benzene rings is 1. The van der Waals surface area contributed by atoms with E-state index in [9.17, 15) is 9.59 Å². The minimum atomic E-state index is -0.363. The van der Waals surface area contributed by atoms with Crippen molar-refractivity contribution in [1.82, 2.24) is 21.3 Å². The number of aldehydes is 1. The zero-order valence-electron chi connectivity index (χ0n) is 19.3. The van der Waals surface area contributed by atoms with E-state index in [-0.39, 0.29) is 18.0 Å². The lowest BCUT2D eigenvalue weighted by Crippen LogP contribution is -2.50. The molecule has 2 aliphatic heterocycles. The van der Waals surface area contributed by atoms with Gasteiger partial charge in [0, 0.05) is 24.0 Å². The van der Waals surface area contributed by atoms with E-state index in [1.807, 2.05) is 25.4 Å². The van der Waals surface area contributed by atoms with E-state index in [4.69, 9.17) is 4.74 Å². The van der Waals surface area contributed by atoms with Crippen LogP contribution in [0.15, 0.2) is 52.9 Å². The smallest absolute Gasteiger partial charge is 0.251 e. The molecule has 0 spiro atoms. The van der Waals surface area contributed by atoms with Crippen molar-refractivity contribution in [3.8, 4) is 5.75 Å². The number of allylic oxidation sites excluding steroid dienone is 1. The van der Waals surface area contributed by atoms with Crippen LogP contribution in [0.1, 0.15) is 31.2 Å². The first-order valence-electron chi connectivity index (χ1n) is 11.7. The highest BCUT2D eigenvalue weighted by atomic mass is 16.5. The van der Waals surface area contributed by atoms with E-state index in [0.29, 0.717) is 17.4 Å². The van der Waals surface area contributed by atoms with Crippen molar-refractivity contribution >= 4 is 18.0 Å². The molecule has 2 saturated carbocycles. The second-order valence-corrected chi connectivity index (χ2v) is 8.87. The third-order valence-electron chi connectivity index (χ3n) is 6.29. The van der Waals surface area contributed by atoms with Gasteiger partial charge in [0.1, 0.15) is 23.9 Å². The Kier molecular flexibility index (Phi) is 7.44. The molecule has 2 fully saturated rings. The number of likely N-dealkylation sites (N-methyl/N-ethyl adjacent to an activating group) is 1. The summed E-state index contributed by atoms with van der Waals surface area (Å²) in [7, 11) is 3.64. The van der Waals surface area contributed by atoms with Crippen LogP contribution in [0.25, 0.3) is 0 Å². The molecule has 176 valence electrons. The number of carbonyl (C=O) groups excluding carboxylic acids is 2. The first-order chi connectivity index (χ1) is 16.1. The minimum absolute atomic E-state index is 0.200. The molecule has 4 aliphatic rings. The highest BCUT2D eigenvalue weighted by Gasteiger charge is 2.38. The van der Waals surface area contributed by atoms with Crippen molar-refractivity contribution in [1.29, 1.82) is 0 Å². The first-order valence-corrected chi connectivity index (χ1v) is 11.7. The lowest BCUT2D eigenvalue weighted by molar-refractivity contribution is -0.121. The molecule has 0 aromatic heterocycles. The van der Waals surface area contributed by atoms with Crippen LogP contribution in [0, 0.1) is 11.8 Å². The minimum Gasteiger partial charge on any atom is -0.497 e. The summed E-state index contributed by atoms with van der Waals surface area (Å²) in [5, 5.41) is 12.5. The normalized spacial score (nSPS) is 21.5. The van der Waals surface area contributed by atoms with Crippen LogP contribution < -0.4 is 26.0 Å². The number of ether oxygens (including phenoxy) is 1. The second kappa shape index (κ2) is 10.7. The predicted octanol–water partition coefficient (Wildman–Crippen LogP) is 1.65. The highest BCUT2D eigenvalue weighted by molar-refractivity contribution is 6.08. The number of rotatable bonds is 9. The number of hydrogen-bond donors (Lipinski definition) is 4. The van der Waals surface area contributed by atoms with Crippen LogP contribution in [-0.2, 0) is 16.0 Å². The Hall–Kier alpha value is -3.13. The Labute approximate surface area is 194 Å². The van der Waals surface area contributed by atoms with E-state index in [0.717, 1.165) is 49.4 Å². The molecule has 1 amide bonds. The van der Waals surface area contributed by atoms with E-state index in [2.05, 4.69) is 38.4 Å². The quantitative estimate of drug-likeness (QED) is 0.426. The Morgan fingerprint density at radius 1 is 1.24 bits per heavy atom. The van der Waals surface area contributed by atoms with Gasteiger partial charge in [-0.2, -0.15) is 0 Å². The summed E-state index contributed by atoms with van der Waals surface area (Å²) in [4.78, 5) is 27.7. The van der Waals surface area contributed by atoms with Crippen molar-refractivity contribution in [2.75, 3.05) is 20.7 Å². The number of amides is 1. The molecule has 0 bridgehead atoms. The summed E-state index contributed by atoms with van der Waals surface area (Å²) in [6.07, 6.45) is 9.87. The van der Waals surface area contributed by atoms with Gasteiger partial charge in [-0.25, -0.2) is 4.99 Å². The van der Waals surface area contributed by atoms with Gasteiger partial charge in [0.25, 0.3) is 5.91 Å². The third-order valence-corrected chi connectivity index (χ3v) is 6.29. The van der Waals surface area contributed by atoms with Gasteiger partial charge in [0.2, 0.25) is 0 Å². The number of nitrogens with one attached hydrogen (secondary N) is 4. The fraction of sp³-hybridized carbons (Fsp3) is 0.480. The molecule has 2 unspecified atom stereocenters. The fourth-order valence-electron chi connectivity index (χ4n) is 3.90. The second-order valence-electron chi connectivity index (χ2n) is 8.87. The zero-order chi connectivity index (χ0) is 23.2. The summed E-state index contributed by atoms with van der Waals surface area (Å²) in [5.41, 5.74) is 3.06. The lowest BCUT2D eigenvalue weighted by Gasteiger charge is -2.26. The summed E-state index contributed by atoms with van der Waals surface area (Å²) in [6, 6.07) is 7.59. The average Bonchev–Trinajstić information content (AvgIpc) is 3.78. The highest BCUT2D eigenvalue weighted by Crippen LogP contribution is 2.36. The van der Waals surface area contributed by atoms with Gasteiger partial charge in [0.05, 0.1) is 18.7 Å². The Bertz CT molecular complexity index is 945. The van der Waals surface area contributed by atoms with Crippen molar-refractivity contribution < 1.29 is 14.3 Å². The summed E-state index contributed by atoms with van der Waals surface area (Å²) >= 11 is 0. The number of carbonyl (C=O) groups is 2. The summed E-state index contributed by atoms with van der Waals surface area (Å²) in [6.45, 7) is 1.02. The molecule has 1 aromatic carbocycles. The Balaban J connectivity index is 0.000000185. The van der Waals surface area contributed by atoms with Gasteiger partial charge < -0.3 is 30.8 Å². The molecular weight excluding hydrogens is 418 g/mol. The molecule has 4 N–H and O–H groups in total. The molecule has 2 atom stereocenters. The van der Waals surface area contributed by atoms with Crippen molar-refractivity contribution in [3.63, 3.8) is 0 Å². The monoisotopic (exact) mass is 451 g/mol. The van der Waals surface area contributed by atoms with Crippen LogP contribution in [0.4, 0.5) is 0 Å². The summed E-state index contributed by atoms with van der Waals surface area (Å²) in [5.74, 6) is 2.36. The van der Waals surface area contributed by atoms with Crippen LogP contribution >= 0.6 is 0 Å². The molecule has 2 aliphatic carbocycles. The van der Waals surface area contributed by atoms with Gasteiger partial charge in [-0.3, -0.25) is 4.79 Å². The maximum atomic E-state index is 12.4. The fourth-order valence-corrected chi connectivity index (χ4v) is 3.90. The predicted molar refractivity (Wildman–Crippen MR) is 128 cm³/mol. The lowest BCUT2D eigenvalue weighted by atomic mass is 10.0. The van der Waals surface area contributed by atoms with E-state index in [1.54, 1.807) is 13.3 Å². The topological polar surface area (TPSA) is 104 Å². The zero-order valence-corrected chi connectivity index (χ0v) is 19.3. The van der Waals surface area contributed by atoms with Gasteiger partial charge in [0.15, 0.2) is 0 Å². The molecule has 8 nitrogen and oxygen atoms in total. The molecule has 33 heavy (non-hydrogen) atoms. The maximum absolute atomic E-state index is 12.4. The van der Waals surface area contributed by atoms with Gasteiger partial charge >= 0.3 is 0 Å². The third kappa shape index (κ3) is 6.01.